The Bertz CT molecular complexity index is 454. The lowest BCUT2D eigenvalue weighted by molar-refractivity contribution is 0.299. The summed E-state index contributed by atoms with van der Waals surface area (Å²) in [4.78, 5) is 9.39. The van der Waals surface area contributed by atoms with Crippen LogP contribution < -0.4 is 0 Å². The number of aryl methyl sites for hydroxylation is 2. The number of hydrogen-bond acceptors (Lipinski definition) is 6. The van der Waals surface area contributed by atoms with E-state index in [1.807, 2.05) is 19.2 Å². The number of aliphatic hydroxyl groups is 2. The Morgan fingerprint density at radius 2 is 1.83 bits per heavy atom. The first-order chi connectivity index (χ1) is 8.67. The Balaban J connectivity index is 0.000000180. The van der Waals surface area contributed by atoms with E-state index in [4.69, 9.17) is 10.2 Å². The molecule has 0 bridgehead atoms. The number of thiazole rings is 2. The quantitative estimate of drug-likeness (QED) is 0.902. The van der Waals surface area contributed by atoms with Gasteiger partial charge in [0.15, 0.2) is 0 Å². The van der Waals surface area contributed by atoms with Crippen molar-refractivity contribution < 1.29 is 10.2 Å². The first kappa shape index (κ1) is 15.2. The van der Waals surface area contributed by atoms with E-state index >= 15 is 0 Å². The minimum Gasteiger partial charge on any atom is -0.396 e. The summed E-state index contributed by atoms with van der Waals surface area (Å²) in [5.41, 5.74) is 3.90. The van der Waals surface area contributed by atoms with Crippen molar-refractivity contribution in [1.82, 2.24) is 9.97 Å². The van der Waals surface area contributed by atoms with Crippen molar-refractivity contribution in [3.63, 3.8) is 0 Å². The maximum absolute atomic E-state index is 8.54. The van der Waals surface area contributed by atoms with Gasteiger partial charge in [0.2, 0.25) is 0 Å². The third-order valence-corrected chi connectivity index (χ3v) is 4.20. The van der Waals surface area contributed by atoms with Gasteiger partial charge in [-0.05, 0) is 13.8 Å². The summed E-state index contributed by atoms with van der Waals surface area (Å²) in [7, 11) is 0. The van der Waals surface area contributed by atoms with Crippen molar-refractivity contribution >= 4 is 22.7 Å². The number of hydrogen-bond donors (Lipinski definition) is 2. The summed E-state index contributed by atoms with van der Waals surface area (Å²) in [5.74, 6) is 0. The fraction of sp³-hybridized carbons (Fsp3) is 0.500. The molecule has 2 N–H and O–H groups in total. The third-order valence-electron chi connectivity index (χ3n) is 2.18. The Kier molecular flexibility index (Phi) is 7.04. The second-order valence-corrected chi connectivity index (χ2v) is 5.57. The van der Waals surface area contributed by atoms with Gasteiger partial charge in [-0.3, -0.25) is 0 Å². The maximum atomic E-state index is 8.54. The molecular weight excluding hydrogens is 268 g/mol. The summed E-state index contributed by atoms with van der Waals surface area (Å²) in [6, 6.07) is 0. The molecule has 2 aromatic rings. The summed E-state index contributed by atoms with van der Waals surface area (Å²) in [5, 5.41) is 20.1. The molecule has 0 saturated carbocycles. The number of nitrogens with zero attached hydrogens (tertiary/aromatic N) is 2. The molecule has 0 fully saturated rings. The van der Waals surface area contributed by atoms with Crippen LogP contribution in [0.25, 0.3) is 0 Å². The van der Waals surface area contributed by atoms with Gasteiger partial charge >= 0.3 is 0 Å². The van der Waals surface area contributed by atoms with Gasteiger partial charge in [0.05, 0.1) is 16.2 Å². The van der Waals surface area contributed by atoms with Crippen molar-refractivity contribution in [2.75, 3.05) is 13.2 Å². The highest BCUT2D eigenvalue weighted by molar-refractivity contribution is 7.09. The van der Waals surface area contributed by atoms with Crippen molar-refractivity contribution in [2.45, 2.75) is 26.7 Å². The van der Waals surface area contributed by atoms with Gasteiger partial charge in [0, 0.05) is 42.0 Å². The predicted molar refractivity (Wildman–Crippen MR) is 75.3 cm³/mol. The molecule has 0 aliphatic rings. The van der Waals surface area contributed by atoms with Crippen LogP contribution >= 0.6 is 22.7 Å². The molecule has 0 aromatic carbocycles. The SMILES string of the molecule is Cc1csc(CCO)n1.Cc1ncsc1CCO. The van der Waals surface area contributed by atoms with E-state index in [1.165, 1.54) is 4.88 Å². The molecule has 100 valence electrons. The average Bonchev–Trinajstić information content (AvgIpc) is 2.91. The van der Waals surface area contributed by atoms with E-state index < -0.39 is 0 Å². The smallest absolute Gasteiger partial charge is 0.0950 e. The summed E-state index contributed by atoms with van der Waals surface area (Å²) in [6.45, 7) is 4.34. The first-order valence-electron chi connectivity index (χ1n) is 5.69. The van der Waals surface area contributed by atoms with Gasteiger partial charge in [0.25, 0.3) is 0 Å². The summed E-state index contributed by atoms with van der Waals surface area (Å²) in [6.07, 6.45) is 1.44. The van der Waals surface area contributed by atoms with Crippen LogP contribution in [0.5, 0.6) is 0 Å². The topological polar surface area (TPSA) is 66.2 Å². The Morgan fingerprint density at radius 3 is 2.28 bits per heavy atom. The van der Waals surface area contributed by atoms with E-state index in [2.05, 4.69) is 9.97 Å². The molecule has 0 amide bonds. The Hall–Kier alpha value is -0.820. The zero-order valence-corrected chi connectivity index (χ0v) is 12.2. The summed E-state index contributed by atoms with van der Waals surface area (Å²) >= 11 is 3.21. The molecule has 2 heterocycles. The molecule has 0 aliphatic carbocycles. The molecule has 0 radical (unpaired) electrons. The second-order valence-electron chi connectivity index (χ2n) is 3.69. The van der Waals surface area contributed by atoms with Crippen LogP contribution in [-0.2, 0) is 12.8 Å². The molecule has 2 aromatic heterocycles. The van der Waals surface area contributed by atoms with E-state index in [9.17, 15) is 0 Å². The predicted octanol–water partition coefficient (Wildman–Crippen LogP) is 1.97. The van der Waals surface area contributed by atoms with Gasteiger partial charge in [-0.15, -0.1) is 22.7 Å². The van der Waals surface area contributed by atoms with Crippen LogP contribution in [0.4, 0.5) is 0 Å². The minimum atomic E-state index is 0.201. The lowest BCUT2D eigenvalue weighted by Gasteiger charge is -1.90. The van der Waals surface area contributed by atoms with Gasteiger partial charge in [-0.1, -0.05) is 0 Å². The maximum Gasteiger partial charge on any atom is 0.0950 e. The Morgan fingerprint density at radius 1 is 1.11 bits per heavy atom. The van der Waals surface area contributed by atoms with Gasteiger partial charge in [-0.25, -0.2) is 9.97 Å². The van der Waals surface area contributed by atoms with Crippen LogP contribution in [0.3, 0.4) is 0 Å². The first-order valence-corrected chi connectivity index (χ1v) is 7.45. The molecule has 2 rings (SSSR count). The van der Waals surface area contributed by atoms with E-state index in [0.717, 1.165) is 22.8 Å². The van der Waals surface area contributed by atoms with Crippen molar-refractivity contribution in [3.05, 3.63) is 32.2 Å². The zero-order valence-electron chi connectivity index (χ0n) is 10.6. The summed E-state index contributed by atoms with van der Waals surface area (Å²) < 4.78 is 0. The molecule has 0 spiro atoms. The molecule has 0 saturated heterocycles. The standard InChI is InChI=1S/2C6H9NOS/c1-5-6(2-3-8)9-4-7-5;1-5-4-9-6(7-5)2-3-8/h2*4,8H,2-3H2,1H3. The van der Waals surface area contributed by atoms with Crippen molar-refractivity contribution in [3.8, 4) is 0 Å². The average molecular weight is 286 g/mol. The van der Waals surface area contributed by atoms with E-state index in [-0.39, 0.29) is 13.2 Å². The third kappa shape index (κ3) is 5.22. The number of aliphatic hydroxyl groups excluding tert-OH is 2. The molecule has 0 aliphatic heterocycles. The fourth-order valence-electron chi connectivity index (χ4n) is 1.28. The molecule has 0 atom stereocenters. The molecule has 0 unspecified atom stereocenters. The van der Waals surface area contributed by atoms with Crippen LogP contribution in [0, 0.1) is 13.8 Å². The van der Waals surface area contributed by atoms with Gasteiger partial charge in [0.1, 0.15) is 0 Å². The number of rotatable bonds is 4. The van der Waals surface area contributed by atoms with Gasteiger partial charge < -0.3 is 10.2 Å². The largest absolute Gasteiger partial charge is 0.396 e. The highest BCUT2D eigenvalue weighted by Crippen LogP contribution is 2.11. The lowest BCUT2D eigenvalue weighted by Crippen LogP contribution is -1.88. The second kappa shape index (κ2) is 8.31. The van der Waals surface area contributed by atoms with Crippen LogP contribution in [-0.4, -0.2) is 33.4 Å². The van der Waals surface area contributed by atoms with Gasteiger partial charge in [-0.2, -0.15) is 0 Å². The lowest BCUT2D eigenvalue weighted by atomic mass is 10.3. The molecule has 4 nitrogen and oxygen atoms in total. The van der Waals surface area contributed by atoms with Crippen LogP contribution in [0.2, 0.25) is 0 Å². The highest BCUT2D eigenvalue weighted by atomic mass is 32.1. The Labute approximate surface area is 115 Å². The molecule has 18 heavy (non-hydrogen) atoms. The molecular formula is C12H18N2O2S2. The van der Waals surface area contributed by atoms with Crippen LogP contribution in [0.15, 0.2) is 10.9 Å². The van der Waals surface area contributed by atoms with Crippen molar-refractivity contribution in [2.24, 2.45) is 0 Å². The monoisotopic (exact) mass is 286 g/mol. The minimum absolute atomic E-state index is 0.201. The highest BCUT2D eigenvalue weighted by Gasteiger charge is 1.97. The normalized spacial score (nSPS) is 10.0. The number of aromatic nitrogens is 2. The van der Waals surface area contributed by atoms with Crippen LogP contribution in [0.1, 0.15) is 21.3 Å². The van der Waals surface area contributed by atoms with E-state index in [1.54, 1.807) is 28.2 Å². The van der Waals surface area contributed by atoms with Crippen molar-refractivity contribution in [1.29, 1.82) is 0 Å². The zero-order chi connectivity index (χ0) is 13.4. The fourth-order valence-corrected chi connectivity index (χ4v) is 2.82. The molecule has 6 heteroatoms. The van der Waals surface area contributed by atoms with E-state index in [0.29, 0.717) is 6.42 Å².